The van der Waals surface area contributed by atoms with Gasteiger partial charge in [0.2, 0.25) is 0 Å². The summed E-state index contributed by atoms with van der Waals surface area (Å²) < 4.78 is 32.7. The van der Waals surface area contributed by atoms with Gasteiger partial charge in [-0.05, 0) is 12.8 Å². The van der Waals surface area contributed by atoms with Crippen molar-refractivity contribution in [2.24, 2.45) is 0 Å². The second-order valence-electron chi connectivity index (χ2n) is 7.09. The number of hydrogen-bond donors (Lipinski definition) is 0. The third-order valence-electron chi connectivity index (χ3n) is 4.64. The van der Waals surface area contributed by atoms with Gasteiger partial charge in [0.25, 0.3) is 0 Å². The Morgan fingerprint density at radius 3 is 2.00 bits per heavy atom. The van der Waals surface area contributed by atoms with Crippen molar-refractivity contribution in [1.29, 1.82) is 0 Å². The zero-order chi connectivity index (χ0) is 21.6. The highest BCUT2D eigenvalue weighted by Crippen LogP contribution is 2.36. The fraction of sp³-hybridized carbons (Fsp3) is 0.789. The zero-order valence-corrected chi connectivity index (χ0v) is 17.1. The normalized spacial score (nSPS) is 31.2. The van der Waals surface area contributed by atoms with Gasteiger partial charge >= 0.3 is 23.9 Å². The standard InChI is InChI=1S/C19H28O10/c1-10(20)24-8-7-16-17(26-12(3)22)19(27-13(4)23)18(29-16)15-6-5-14(28-15)9-25-11(2)21/h14-19H,5-9H2,1-4H3/t14-,15-,16-,17+,18-,19-/m1/s1. The van der Waals surface area contributed by atoms with Crippen LogP contribution in [-0.2, 0) is 47.6 Å². The molecule has 0 radical (unpaired) electrons. The molecule has 0 unspecified atom stereocenters. The van der Waals surface area contributed by atoms with E-state index in [9.17, 15) is 19.2 Å². The zero-order valence-electron chi connectivity index (χ0n) is 17.1. The molecule has 2 fully saturated rings. The maximum Gasteiger partial charge on any atom is 0.303 e. The molecule has 0 saturated carbocycles. The molecular formula is C19H28O10. The van der Waals surface area contributed by atoms with E-state index in [0.717, 1.165) is 0 Å². The molecule has 10 nitrogen and oxygen atoms in total. The molecule has 0 aromatic rings. The third-order valence-corrected chi connectivity index (χ3v) is 4.64. The summed E-state index contributed by atoms with van der Waals surface area (Å²) in [6.07, 6.45) is -2.26. The van der Waals surface area contributed by atoms with E-state index in [0.29, 0.717) is 12.8 Å². The van der Waals surface area contributed by atoms with E-state index in [2.05, 4.69) is 0 Å². The summed E-state index contributed by atoms with van der Waals surface area (Å²) in [6, 6.07) is 0. The van der Waals surface area contributed by atoms with Gasteiger partial charge in [-0.3, -0.25) is 19.2 Å². The summed E-state index contributed by atoms with van der Waals surface area (Å²) in [5, 5.41) is 0. The summed E-state index contributed by atoms with van der Waals surface area (Å²) in [5.41, 5.74) is 0. The lowest BCUT2D eigenvalue weighted by Crippen LogP contribution is -2.44. The Morgan fingerprint density at radius 2 is 1.41 bits per heavy atom. The van der Waals surface area contributed by atoms with Gasteiger partial charge in [0.15, 0.2) is 12.2 Å². The molecule has 2 heterocycles. The van der Waals surface area contributed by atoms with Crippen molar-refractivity contribution in [2.75, 3.05) is 13.2 Å². The van der Waals surface area contributed by atoms with Crippen LogP contribution in [0.5, 0.6) is 0 Å². The Bertz CT molecular complexity index is 618. The predicted molar refractivity (Wildman–Crippen MR) is 95.5 cm³/mol. The van der Waals surface area contributed by atoms with E-state index < -0.39 is 54.4 Å². The summed E-state index contributed by atoms with van der Waals surface area (Å²) in [6.45, 7) is 5.31. The maximum atomic E-state index is 11.7. The molecule has 0 amide bonds. The minimum absolute atomic E-state index is 0.0673. The van der Waals surface area contributed by atoms with Crippen molar-refractivity contribution < 1.29 is 47.6 Å². The van der Waals surface area contributed by atoms with E-state index in [4.69, 9.17) is 28.4 Å². The number of rotatable bonds is 8. The van der Waals surface area contributed by atoms with Crippen molar-refractivity contribution in [3.63, 3.8) is 0 Å². The van der Waals surface area contributed by atoms with Gasteiger partial charge in [-0.1, -0.05) is 0 Å². The van der Waals surface area contributed by atoms with Crippen molar-refractivity contribution >= 4 is 23.9 Å². The molecule has 0 aromatic heterocycles. The fourth-order valence-electron chi connectivity index (χ4n) is 3.57. The van der Waals surface area contributed by atoms with Gasteiger partial charge in [-0.15, -0.1) is 0 Å². The Balaban J connectivity index is 2.11. The lowest BCUT2D eigenvalue weighted by atomic mass is 10.0. The van der Waals surface area contributed by atoms with Crippen molar-refractivity contribution in [3.05, 3.63) is 0 Å². The van der Waals surface area contributed by atoms with E-state index in [1.165, 1.54) is 27.7 Å². The molecule has 29 heavy (non-hydrogen) atoms. The monoisotopic (exact) mass is 416 g/mol. The molecule has 2 aliphatic rings. The van der Waals surface area contributed by atoms with Crippen LogP contribution in [0.25, 0.3) is 0 Å². The first-order valence-corrected chi connectivity index (χ1v) is 9.59. The Hall–Kier alpha value is -2.20. The topological polar surface area (TPSA) is 124 Å². The van der Waals surface area contributed by atoms with E-state index in [-0.39, 0.29) is 25.7 Å². The molecular weight excluding hydrogens is 388 g/mol. The number of esters is 4. The second kappa shape index (κ2) is 10.5. The van der Waals surface area contributed by atoms with E-state index >= 15 is 0 Å². The van der Waals surface area contributed by atoms with Crippen molar-refractivity contribution in [2.45, 2.75) is 83.6 Å². The fourth-order valence-corrected chi connectivity index (χ4v) is 3.57. The molecule has 0 aromatic carbocycles. The first-order chi connectivity index (χ1) is 13.7. The lowest BCUT2D eigenvalue weighted by Gasteiger charge is -2.26. The van der Waals surface area contributed by atoms with Crippen molar-refractivity contribution in [3.8, 4) is 0 Å². The Kier molecular flexibility index (Phi) is 8.39. The molecule has 2 rings (SSSR count). The summed E-state index contributed by atoms with van der Waals surface area (Å²) in [7, 11) is 0. The molecule has 0 bridgehead atoms. The van der Waals surface area contributed by atoms with Gasteiger partial charge in [-0.25, -0.2) is 0 Å². The average molecular weight is 416 g/mol. The second-order valence-corrected chi connectivity index (χ2v) is 7.09. The van der Waals surface area contributed by atoms with Crippen LogP contribution in [-0.4, -0.2) is 73.7 Å². The molecule has 6 atom stereocenters. The van der Waals surface area contributed by atoms with Crippen LogP contribution in [0.4, 0.5) is 0 Å². The van der Waals surface area contributed by atoms with Gasteiger partial charge in [0.05, 0.1) is 18.8 Å². The van der Waals surface area contributed by atoms with Crippen LogP contribution in [0, 0.1) is 0 Å². The van der Waals surface area contributed by atoms with Crippen LogP contribution in [0.15, 0.2) is 0 Å². The van der Waals surface area contributed by atoms with Crippen LogP contribution in [0.2, 0.25) is 0 Å². The molecule has 10 heteroatoms. The first kappa shape index (κ1) is 23.1. The Labute approximate surface area is 169 Å². The predicted octanol–water partition coefficient (Wildman–Crippen LogP) is 0.681. The summed E-state index contributed by atoms with van der Waals surface area (Å²) in [4.78, 5) is 45.3. The first-order valence-electron chi connectivity index (χ1n) is 9.59. The van der Waals surface area contributed by atoms with Gasteiger partial charge in [0.1, 0.15) is 18.8 Å². The maximum absolute atomic E-state index is 11.7. The van der Waals surface area contributed by atoms with Crippen LogP contribution < -0.4 is 0 Å². The molecule has 2 aliphatic heterocycles. The molecule has 0 N–H and O–H groups in total. The molecule has 0 spiro atoms. The lowest BCUT2D eigenvalue weighted by molar-refractivity contribution is -0.167. The smallest absolute Gasteiger partial charge is 0.303 e. The number of carbonyl (C=O) groups excluding carboxylic acids is 4. The summed E-state index contributed by atoms with van der Waals surface area (Å²) in [5.74, 6) is -1.93. The highest BCUT2D eigenvalue weighted by molar-refractivity contribution is 5.68. The molecule has 2 saturated heterocycles. The van der Waals surface area contributed by atoms with E-state index in [1.54, 1.807) is 0 Å². The highest BCUT2D eigenvalue weighted by atomic mass is 16.7. The quantitative estimate of drug-likeness (QED) is 0.412. The van der Waals surface area contributed by atoms with E-state index in [1.807, 2.05) is 0 Å². The van der Waals surface area contributed by atoms with Crippen LogP contribution in [0.1, 0.15) is 47.0 Å². The van der Waals surface area contributed by atoms with Crippen LogP contribution in [0.3, 0.4) is 0 Å². The van der Waals surface area contributed by atoms with Gasteiger partial charge in [0, 0.05) is 34.1 Å². The Morgan fingerprint density at radius 1 is 0.793 bits per heavy atom. The number of hydrogen-bond acceptors (Lipinski definition) is 10. The SMILES string of the molecule is CC(=O)OCC[C@H]1O[C@H]([C@H]2CC[C@H](COC(C)=O)O2)[C@H](OC(C)=O)[C@H]1OC(C)=O. The average Bonchev–Trinajstić information content (AvgIpc) is 3.18. The number of carbonyl (C=O) groups is 4. The highest BCUT2D eigenvalue weighted by Gasteiger charge is 2.53. The van der Waals surface area contributed by atoms with Gasteiger partial charge in [-0.2, -0.15) is 0 Å². The van der Waals surface area contributed by atoms with Gasteiger partial charge < -0.3 is 28.4 Å². The van der Waals surface area contributed by atoms with Crippen molar-refractivity contribution in [1.82, 2.24) is 0 Å². The third kappa shape index (κ3) is 6.97. The minimum Gasteiger partial charge on any atom is -0.466 e. The largest absolute Gasteiger partial charge is 0.466 e. The number of ether oxygens (including phenoxy) is 6. The molecule has 164 valence electrons. The summed E-state index contributed by atoms with van der Waals surface area (Å²) >= 11 is 0. The van der Waals surface area contributed by atoms with Crippen LogP contribution >= 0.6 is 0 Å². The minimum atomic E-state index is -0.865. The molecule has 0 aliphatic carbocycles.